The average molecular weight is 401 g/mol. The molecule has 0 unspecified atom stereocenters. The molecule has 0 radical (unpaired) electrons. The van der Waals surface area contributed by atoms with E-state index in [2.05, 4.69) is 15.7 Å². The van der Waals surface area contributed by atoms with Crippen molar-refractivity contribution < 1.29 is 9.53 Å². The number of hydrogen-bond donors (Lipinski definition) is 2. The number of anilines is 2. The van der Waals surface area contributed by atoms with Crippen molar-refractivity contribution >= 4 is 57.9 Å². The van der Waals surface area contributed by atoms with Gasteiger partial charge in [0.05, 0.1) is 21.8 Å². The van der Waals surface area contributed by atoms with Crippen LogP contribution in [-0.4, -0.2) is 27.0 Å². The summed E-state index contributed by atoms with van der Waals surface area (Å²) in [4.78, 5) is 12.2. The zero-order valence-electron chi connectivity index (χ0n) is 14.0. The number of nitrogens with zero attached hydrogens (tertiary/aromatic N) is 2. The van der Waals surface area contributed by atoms with Crippen molar-refractivity contribution in [1.29, 1.82) is 0 Å². The number of halogens is 2. The summed E-state index contributed by atoms with van der Waals surface area (Å²) in [7, 11) is 0. The van der Waals surface area contributed by atoms with Gasteiger partial charge in [-0.05, 0) is 51.2 Å². The molecule has 2 N–H and O–H groups in total. The fraction of sp³-hybridized carbons (Fsp3) is 0.312. The number of aryl methyl sites for hydroxylation is 1. The summed E-state index contributed by atoms with van der Waals surface area (Å²) in [5.41, 5.74) is 1.31. The maximum Gasteiger partial charge on any atom is 0.361 e. The number of ether oxygens (including phenoxy) is 1. The normalized spacial score (nSPS) is 10.6. The Hall–Kier alpha value is -1.83. The molecule has 25 heavy (non-hydrogen) atoms. The smallest absolute Gasteiger partial charge is 0.361 e. The quantitative estimate of drug-likeness (QED) is 0.565. The van der Waals surface area contributed by atoms with Gasteiger partial charge in [0.2, 0.25) is 0 Å². The molecule has 0 saturated carbocycles. The molecule has 0 amide bonds. The number of esters is 1. The lowest BCUT2D eigenvalue weighted by molar-refractivity contribution is 0.0371. The van der Waals surface area contributed by atoms with Gasteiger partial charge in [0.1, 0.15) is 0 Å². The molecule has 1 aromatic heterocycles. The summed E-state index contributed by atoms with van der Waals surface area (Å²) in [5.74, 6) is -0.512. The monoisotopic (exact) mass is 400 g/mol. The molecule has 1 heterocycles. The predicted octanol–water partition coefficient (Wildman–Crippen LogP) is 4.58. The van der Waals surface area contributed by atoms with Crippen molar-refractivity contribution in [3.8, 4) is 0 Å². The Labute approximate surface area is 161 Å². The molecule has 0 bridgehead atoms. The fourth-order valence-corrected chi connectivity index (χ4v) is 2.48. The maximum absolute atomic E-state index is 12.2. The van der Waals surface area contributed by atoms with Gasteiger partial charge >= 0.3 is 5.97 Å². The predicted molar refractivity (Wildman–Crippen MR) is 105 cm³/mol. The van der Waals surface area contributed by atoms with Crippen molar-refractivity contribution in [3.05, 3.63) is 40.1 Å². The van der Waals surface area contributed by atoms with Gasteiger partial charge in [-0.2, -0.15) is 5.10 Å². The number of aromatic nitrogens is 2. The number of hydrogen-bond acceptors (Lipinski definition) is 4. The highest BCUT2D eigenvalue weighted by Crippen LogP contribution is 2.25. The molecule has 134 valence electrons. The number of nitrogens with one attached hydrogen (secondary N) is 2. The second-order valence-electron chi connectivity index (χ2n) is 5.41. The Morgan fingerprint density at radius 3 is 2.64 bits per heavy atom. The zero-order chi connectivity index (χ0) is 18.6. The van der Waals surface area contributed by atoms with Crippen molar-refractivity contribution in [2.75, 3.05) is 10.6 Å². The minimum atomic E-state index is -0.512. The summed E-state index contributed by atoms with van der Waals surface area (Å²) in [6.45, 7) is 6.08. The van der Waals surface area contributed by atoms with E-state index < -0.39 is 5.97 Å². The van der Waals surface area contributed by atoms with Gasteiger partial charge in [0.25, 0.3) is 0 Å². The zero-order valence-corrected chi connectivity index (χ0v) is 16.3. The molecule has 0 aliphatic rings. The van der Waals surface area contributed by atoms with Crippen LogP contribution in [0.1, 0.15) is 31.3 Å². The molecule has 0 saturated heterocycles. The third kappa shape index (κ3) is 5.32. The van der Waals surface area contributed by atoms with Gasteiger partial charge in [0, 0.05) is 18.4 Å². The number of rotatable bonds is 5. The molecule has 0 aliphatic heterocycles. The molecule has 0 spiro atoms. The third-order valence-corrected chi connectivity index (χ3v) is 3.99. The standard InChI is InChI=1S/C16H18Cl2N4O2S/c1-4-22-8-13(14(21-22)15(23)24-9(2)3)20-16(25)19-10-5-6-11(17)12(18)7-10/h5-9H,4H2,1-3H3,(H2,19,20,25). The Morgan fingerprint density at radius 1 is 1.32 bits per heavy atom. The van der Waals surface area contributed by atoms with Crippen molar-refractivity contribution in [1.82, 2.24) is 9.78 Å². The lowest BCUT2D eigenvalue weighted by atomic mass is 10.3. The molecular formula is C16H18Cl2N4O2S. The van der Waals surface area contributed by atoms with Crippen LogP contribution in [0, 0.1) is 0 Å². The molecule has 9 heteroatoms. The second-order valence-corrected chi connectivity index (χ2v) is 6.63. The maximum atomic E-state index is 12.2. The van der Waals surface area contributed by atoms with Crippen LogP contribution in [0.2, 0.25) is 10.0 Å². The summed E-state index contributed by atoms with van der Waals surface area (Å²) in [5, 5.41) is 11.3. The topological polar surface area (TPSA) is 68.2 Å². The van der Waals surface area contributed by atoms with E-state index in [9.17, 15) is 4.79 Å². The van der Waals surface area contributed by atoms with E-state index in [-0.39, 0.29) is 16.9 Å². The van der Waals surface area contributed by atoms with E-state index in [1.807, 2.05) is 6.92 Å². The van der Waals surface area contributed by atoms with Crippen LogP contribution < -0.4 is 10.6 Å². The first kappa shape index (κ1) is 19.5. The Morgan fingerprint density at radius 2 is 2.04 bits per heavy atom. The SMILES string of the molecule is CCn1cc(NC(=S)Nc2ccc(Cl)c(Cl)c2)c(C(=O)OC(C)C)n1. The van der Waals surface area contributed by atoms with Crippen LogP contribution in [0.15, 0.2) is 24.4 Å². The van der Waals surface area contributed by atoms with E-state index in [1.165, 1.54) is 0 Å². The molecular weight excluding hydrogens is 383 g/mol. The van der Waals surface area contributed by atoms with Crippen LogP contribution in [0.5, 0.6) is 0 Å². The van der Waals surface area contributed by atoms with E-state index >= 15 is 0 Å². The van der Waals surface area contributed by atoms with Crippen LogP contribution in [0.25, 0.3) is 0 Å². The fourth-order valence-electron chi connectivity index (χ4n) is 1.95. The van der Waals surface area contributed by atoms with Crippen LogP contribution in [0.4, 0.5) is 11.4 Å². The van der Waals surface area contributed by atoms with Gasteiger partial charge in [-0.25, -0.2) is 4.79 Å². The van der Waals surface area contributed by atoms with Crippen molar-refractivity contribution in [2.45, 2.75) is 33.4 Å². The van der Waals surface area contributed by atoms with Crippen LogP contribution >= 0.6 is 35.4 Å². The van der Waals surface area contributed by atoms with E-state index in [0.717, 1.165) is 0 Å². The highest BCUT2D eigenvalue weighted by Gasteiger charge is 2.20. The molecule has 2 rings (SSSR count). The number of carbonyl (C=O) groups excluding carboxylic acids is 1. The van der Waals surface area contributed by atoms with Gasteiger partial charge in [-0.15, -0.1) is 0 Å². The molecule has 1 aromatic carbocycles. The number of carbonyl (C=O) groups is 1. The summed E-state index contributed by atoms with van der Waals surface area (Å²) in [6.07, 6.45) is 1.45. The van der Waals surface area contributed by atoms with E-state index in [0.29, 0.717) is 28.0 Å². The van der Waals surface area contributed by atoms with Crippen LogP contribution in [-0.2, 0) is 11.3 Å². The van der Waals surface area contributed by atoms with Gasteiger partial charge in [-0.3, -0.25) is 4.68 Å². The lowest BCUT2D eigenvalue weighted by Crippen LogP contribution is -2.21. The van der Waals surface area contributed by atoms with Crippen LogP contribution in [0.3, 0.4) is 0 Å². The van der Waals surface area contributed by atoms with E-state index in [1.54, 1.807) is 42.9 Å². The minimum Gasteiger partial charge on any atom is -0.458 e. The number of benzene rings is 1. The highest BCUT2D eigenvalue weighted by molar-refractivity contribution is 7.80. The summed E-state index contributed by atoms with van der Waals surface area (Å²) in [6, 6.07) is 5.06. The molecule has 0 fully saturated rings. The largest absolute Gasteiger partial charge is 0.458 e. The number of thiocarbonyl (C=S) groups is 1. The second kappa shape index (κ2) is 8.51. The summed E-state index contributed by atoms with van der Waals surface area (Å²) >= 11 is 17.2. The van der Waals surface area contributed by atoms with Crippen molar-refractivity contribution in [2.24, 2.45) is 0 Å². The van der Waals surface area contributed by atoms with Crippen molar-refractivity contribution in [3.63, 3.8) is 0 Å². The Bertz CT molecular complexity index is 792. The first-order valence-corrected chi connectivity index (χ1v) is 8.78. The Kier molecular flexibility index (Phi) is 6.64. The van der Waals surface area contributed by atoms with Gasteiger partial charge in [0.15, 0.2) is 10.8 Å². The lowest BCUT2D eigenvalue weighted by Gasteiger charge is -2.11. The minimum absolute atomic E-state index is 0.175. The molecule has 2 aromatic rings. The third-order valence-electron chi connectivity index (χ3n) is 3.05. The molecule has 0 aliphatic carbocycles. The van der Waals surface area contributed by atoms with Gasteiger partial charge in [-0.1, -0.05) is 23.2 Å². The molecule has 0 atom stereocenters. The summed E-state index contributed by atoms with van der Waals surface area (Å²) < 4.78 is 6.84. The molecule has 6 nitrogen and oxygen atoms in total. The average Bonchev–Trinajstić information content (AvgIpc) is 2.93. The first-order valence-electron chi connectivity index (χ1n) is 7.61. The first-order chi connectivity index (χ1) is 11.8. The highest BCUT2D eigenvalue weighted by atomic mass is 35.5. The Balaban J connectivity index is 2.15. The van der Waals surface area contributed by atoms with Gasteiger partial charge < -0.3 is 15.4 Å². The van der Waals surface area contributed by atoms with E-state index in [4.69, 9.17) is 40.2 Å².